The average Bonchev–Trinajstić information content (AvgIpc) is 3.31. The number of piperazine rings is 1. The molecule has 0 aliphatic carbocycles. The molecule has 216 valence electrons. The van der Waals surface area contributed by atoms with Crippen molar-refractivity contribution in [1.29, 1.82) is 0 Å². The van der Waals surface area contributed by atoms with Gasteiger partial charge in [-0.25, -0.2) is 12.8 Å². The number of nitrogens with zero attached hydrogens (tertiary/aromatic N) is 3. The van der Waals surface area contributed by atoms with Crippen LogP contribution in [0, 0.1) is 12.7 Å². The fourth-order valence-electron chi connectivity index (χ4n) is 5.27. The van der Waals surface area contributed by atoms with E-state index in [1.807, 2.05) is 31.2 Å². The first-order valence-electron chi connectivity index (χ1n) is 14.2. The summed E-state index contributed by atoms with van der Waals surface area (Å²) in [6.45, 7) is 5.17. The van der Waals surface area contributed by atoms with Crippen LogP contribution >= 0.6 is 0 Å². The molecule has 0 bridgehead atoms. The number of benzene rings is 2. The normalized spacial score (nSPS) is 14.4. The number of hydrogen-bond acceptors (Lipinski definition) is 4. The monoisotopic (exact) mass is 569 g/mol. The number of sulfonamides is 1. The van der Waals surface area contributed by atoms with Gasteiger partial charge in [0.15, 0.2) is 0 Å². The second-order valence-electron chi connectivity index (χ2n) is 10.3. The van der Waals surface area contributed by atoms with Gasteiger partial charge in [0.25, 0.3) is 5.91 Å². The number of hydrogen-bond donors (Lipinski definition) is 0. The Kier molecular flexibility index (Phi) is 10.0. The number of para-hydroxylation sites is 1. The van der Waals surface area contributed by atoms with E-state index in [1.54, 1.807) is 40.8 Å². The van der Waals surface area contributed by atoms with Crippen LogP contribution in [0.1, 0.15) is 61.5 Å². The van der Waals surface area contributed by atoms with E-state index < -0.39 is 10.0 Å². The van der Waals surface area contributed by atoms with E-state index in [2.05, 4.69) is 6.92 Å². The smallest absolute Gasteiger partial charge is 0.255 e. The zero-order valence-corrected chi connectivity index (χ0v) is 24.6. The minimum atomic E-state index is -3.34. The van der Waals surface area contributed by atoms with Crippen LogP contribution in [-0.2, 0) is 10.0 Å². The van der Waals surface area contributed by atoms with Crippen molar-refractivity contribution in [2.45, 2.75) is 52.4 Å². The number of unbranched alkanes of at least 4 members (excludes halogenated alkanes) is 5. The number of rotatable bonds is 12. The molecule has 1 fully saturated rings. The number of ether oxygens (including phenoxy) is 1. The second-order valence-corrected chi connectivity index (χ2v) is 12.4. The van der Waals surface area contributed by atoms with Crippen LogP contribution in [0.15, 0.2) is 54.6 Å². The van der Waals surface area contributed by atoms with E-state index >= 15 is 0 Å². The SMILES string of the molecule is CCCCCCCCS(=O)(=O)N1CCN(C(=O)c2cc(-c3ccc(OC)cc3)n(-c3ccccc3F)c2C)CC1. The lowest BCUT2D eigenvalue weighted by Crippen LogP contribution is -2.51. The summed E-state index contributed by atoms with van der Waals surface area (Å²) >= 11 is 0. The van der Waals surface area contributed by atoms with Gasteiger partial charge in [0.2, 0.25) is 10.0 Å². The molecule has 1 aliphatic rings. The molecule has 1 aromatic heterocycles. The number of methoxy groups -OCH3 is 1. The van der Waals surface area contributed by atoms with Crippen LogP contribution in [0.2, 0.25) is 0 Å². The Hall–Kier alpha value is -3.17. The number of halogens is 1. The van der Waals surface area contributed by atoms with Gasteiger partial charge in [-0.05, 0) is 61.4 Å². The fourth-order valence-corrected chi connectivity index (χ4v) is 6.82. The predicted molar refractivity (Wildman–Crippen MR) is 157 cm³/mol. The molecule has 40 heavy (non-hydrogen) atoms. The lowest BCUT2D eigenvalue weighted by molar-refractivity contribution is 0.0697. The molecule has 0 spiro atoms. The molecule has 0 unspecified atom stereocenters. The second kappa shape index (κ2) is 13.5. The molecular weight excluding hydrogens is 529 g/mol. The first-order valence-corrected chi connectivity index (χ1v) is 15.8. The van der Waals surface area contributed by atoms with Crippen molar-refractivity contribution >= 4 is 15.9 Å². The molecule has 9 heteroatoms. The van der Waals surface area contributed by atoms with Crippen LogP contribution in [0.3, 0.4) is 0 Å². The largest absolute Gasteiger partial charge is 0.497 e. The zero-order valence-electron chi connectivity index (χ0n) is 23.7. The van der Waals surface area contributed by atoms with Crippen molar-refractivity contribution in [2.24, 2.45) is 0 Å². The maximum absolute atomic E-state index is 15.0. The van der Waals surface area contributed by atoms with Gasteiger partial charge >= 0.3 is 0 Å². The van der Waals surface area contributed by atoms with E-state index in [4.69, 9.17) is 4.74 Å². The molecule has 1 aliphatic heterocycles. The highest BCUT2D eigenvalue weighted by atomic mass is 32.2. The summed E-state index contributed by atoms with van der Waals surface area (Å²) in [6, 6.07) is 15.7. The van der Waals surface area contributed by atoms with Gasteiger partial charge in [-0.15, -0.1) is 0 Å². The van der Waals surface area contributed by atoms with Crippen molar-refractivity contribution in [3.8, 4) is 22.7 Å². The molecule has 7 nitrogen and oxygen atoms in total. The van der Waals surface area contributed by atoms with Crippen LogP contribution in [0.25, 0.3) is 16.9 Å². The van der Waals surface area contributed by atoms with Gasteiger partial charge in [-0.1, -0.05) is 51.2 Å². The Morgan fingerprint density at radius 3 is 2.23 bits per heavy atom. The van der Waals surface area contributed by atoms with E-state index in [9.17, 15) is 17.6 Å². The molecule has 0 radical (unpaired) electrons. The molecule has 0 saturated carbocycles. The molecule has 2 aromatic carbocycles. The topological polar surface area (TPSA) is 71.8 Å². The van der Waals surface area contributed by atoms with Crippen LogP contribution in [-0.4, -0.2) is 67.1 Å². The van der Waals surface area contributed by atoms with Gasteiger partial charge in [0.05, 0.1) is 29.8 Å². The Morgan fingerprint density at radius 2 is 1.57 bits per heavy atom. The molecule has 1 amide bonds. The van der Waals surface area contributed by atoms with Gasteiger partial charge in [-0.2, -0.15) is 4.31 Å². The summed E-state index contributed by atoms with van der Waals surface area (Å²) in [5.74, 6) is 0.280. The highest BCUT2D eigenvalue weighted by Crippen LogP contribution is 2.32. The number of aromatic nitrogens is 1. The van der Waals surface area contributed by atoms with Crippen molar-refractivity contribution < 1.29 is 22.3 Å². The predicted octanol–water partition coefficient (Wildman–Crippen LogP) is 6.05. The molecule has 2 heterocycles. The lowest BCUT2D eigenvalue weighted by atomic mass is 10.1. The quantitative estimate of drug-likeness (QED) is 0.249. The van der Waals surface area contributed by atoms with Crippen molar-refractivity contribution in [2.75, 3.05) is 39.0 Å². The molecule has 3 aromatic rings. The number of amides is 1. The van der Waals surface area contributed by atoms with Crippen molar-refractivity contribution in [1.82, 2.24) is 13.8 Å². The maximum atomic E-state index is 15.0. The first kappa shape index (κ1) is 29.8. The summed E-state index contributed by atoms with van der Waals surface area (Å²) in [5, 5.41) is 0. The molecular formula is C31H40FN3O4S. The Morgan fingerprint density at radius 1 is 0.925 bits per heavy atom. The summed E-state index contributed by atoms with van der Waals surface area (Å²) in [4.78, 5) is 15.4. The van der Waals surface area contributed by atoms with E-state index in [1.165, 1.54) is 16.8 Å². The van der Waals surface area contributed by atoms with E-state index in [-0.39, 0.29) is 30.6 Å². The minimum Gasteiger partial charge on any atom is -0.497 e. The maximum Gasteiger partial charge on any atom is 0.255 e. The summed E-state index contributed by atoms with van der Waals surface area (Å²) < 4.78 is 49.3. The Bertz CT molecular complexity index is 1390. The third-order valence-electron chi connectivity index (χ3n) is 7.63. The van der Waals surface area contributed by atoms with Crippen LogP contribution in [0.5, 0.6) is 5.75 Å². The van der Waals surface area contributed by atoms with E-state index in [0.717, 1.165) is 31.2 Å². The van der Waals surface area contributed by atoms with Crippen molar-refractivity contribution in [3.63, 3.8) is 0 Å². The van der Waals surface area contributed by atoms with E-state index in [0.29, 0.717) is 47.9 Å². The standard InChI is InChI=1S/C31H40FN3O4S/c1-4-5-6-7-8-11-22-40(37,38)34-20-18-33(19-21-34)31(36)27-23-30(25-14-16-26(39-3)17-15-25)35(24(27)2)29-13-10-9-12-28(29)32/h9-10,12-17,23H,4-8,11,18-22H2,1-3H3. The third-order valence-corrected chi connectivity index (χ3v) is 9.59. The summed E-state index contributed by atoms with van der Waals surface area (Å²) in [5.41, 5.74) is 2.96. The Balaban J connectivity index is 1.51. The summed E-state index contributed by atoms with van der Waals surface area (Å²) in [6.07, 6.45) is 6.16. The third kappa shape index (κ3) is 6.75. The molecule has 0 atom stereocenters. The fraction of sp³-hybridized carbons (Fsp3) is 0.452. The molecule has 0 N–H and O–H groups in total. The molecule has 4 rings (SSSR count). The van der Waals surface area contributed by atoms with Crippen molar-refractivity contribution in [3.05, 3.63) is 71.7 Å². The van der Waals surface area contributed by atoms with Gasteiger partial charge in [0.1, 0.15) is 11.6 Å². The lowest BCUT2D eigenvalue weighted by Gasteiger charge is -2.34. The number of carbonyl (C=O) groups is 1. The van der Waals surface area contributed by atoms with Gasteiger partial charge in [0, 0.05) is 31.9 Å². The number of carbonyl (C=O) groups excluding carboxylic acids is 1. The van der Waals surface area contributed by atoms with Gasteiger partial charge < -0.3 is 14.2 Å². The average molecular weight is 570 g/mol. The van der Waals surface area contributed by atoms with Gasteiger partial charge in [-0.3, -0.25) is 4.79 Å². The Labute approximate surface area is 237 Å². The highest BCUT2D eigenvalue weighted by molar-refractivity contribution is 7.89. The van der Waals surface area contributed by atoms with Crippen LogP contribution < -0.4 is 4.74 Å². The zero-order chi connectivity index (χ0) is 28.7. The minimum absolute atomic E-state index is 0.156. The van der Waals surface area contributed by atoms with Crippen LogP contribution in [0.4, 0.5) is 4.39 Å². The highest BCUT2D eigenvalue weighted by Gasteiger charge is 2.31. The molecule has 1 saturated heterocycles. The first-order chi connectivity index (χ1) is 19.3. The summed E-state index contributed by atoms with van der Waals surface area (Å²) in [7, 11) is -1.75.